The average molecular weight is 513 g/mol. The molecule has 0 unspecified atom stereocenters. The molecular weight excluding hydrogens is 486 g/mol. The molecule has 1 saturated heterocycles. The van der Waals surface area contributed by atoms with Gasteiger partial charge in [0.15, 0.2) is 17.2 Å². The van der Waals surface area contributed by atoms with Crippen molar-refractivity contribution in [3.05, 3.63) is 41.9 Å². The Morgan fingerprint density at radius 3 is 2.78 bits per heavy atom. The van der Waals surface area contributed by atoms with Crippen LogP contribution in [0.15, 0.2) is 30.6 Å². The van der Waals surface area contributed by atoms with E-state index >= 15 is 0 Å². The van der Waals surface area contributed by atoms with Crippen LogP contribution in [0, 0.1) is 6.92 Å². The van der Waals surface area contributed by atoms with Gasteiger partial charge < -0.3 is 24.7 Å². The molecule has 2 N–H and O–H groups in total. The number of imidazole rings is 1. The predicted octanol–water partition coefficient (Wildman–Crippen LogP) is 4.44. The van der Waals surface area contributed by atoms with Crippen molar-refractivity contribution in [2.24, 2.45) is 7.05 Å². The summed E-state index contributed by atoms with van der Waals surface area (Å²) in [5, 5.41) is 10.1. The van der Waals surface area contributed by atoms with Gasteiger partial charge in [-0.3, -0.25) is 9.48 Å². The fraction of sp³-hybridized carbons (Fsp3) is 0.375. The highest BCUT2D eigenvalue weighted by Crippen LogP contribution is 2.35. The van der Waals surface area contributed by atoms with Crippen LogP contribution in [0.4, 0.5) is 26.4 Å². The van der Waals surface area contributed by atoms with E-state index in [1.807, 2.05) is 6.92 Å². The topological polar surface area (TPSA) is 121 Å². The molecule has 0 aliphatic carbocycles. The lowest BCUT2D eigenvalue weighted by molar-refractivity contribution is -0.114. The van der Waals surface area contributed by atoms with Crippen LogP contribution < -0.4 is 15.4 Å². The maximum absolute atomic E-state index is 14.3. The van der Waals surface area contributed by atoms with E-state index in [-0.39, 0.29) is 23.5 Å². The zero-order valence-electron chi connectivity index (χ0n) is 20.7. The van der Waals surface area contributed by atoms with Gasteiger partial charge in [-0.1, -0.05) is 0 Å². The number of pyridine rings is 2. The minimum atomic E-state index is -3.07. The number of aromatic nitrogens is 6. The van der Waals surface area contributed by atoms with Crippen molar-refractivity contribution in [3.8, 4) is 11.5 Å². The number of hydrogen-bond acceptors (Lipinski definition) is 8. The third kappa shape index (κ3) is 4.94. The first-order valence-corrected chi connectivity index (χ1v) is 11.7. The van der Waals surface area contributed by atoms with Crippen LogP contribution in [-0.4, -0.2) is 48.4 Å². The van der Waals surface area contributed by atoms with E-state index in [1.54, 1.807) is 29.9 Å². The number of anilines is 3. The van der Waals surface area contributed by atoms with Gasteiger partial charge in [-0.15, -0.1) is 0 Å². The molecule has 0 radical (unpaired) electrons. The summed E-state index contributed by atoms with van der Waals surface area (Å²) < 4.78 is 43.2. The monoisotopic (exact) mass is 512 g/mol. The summed E-state index contributed by atoms with van der Waals surface area (Å²) in [5.41, 5.74) is 1.72. The number of halogens is 2. The molecule has 0 bridgehead atoms. The van der Waals surface area contributed by atoms with Crippen molar-refractivity contribution in [3.63, 3.8) is 0 Å². The van der Waals surface area contributed by atoms with Crippen LogP contribution in [-0.2, 0) is 22.5 Å². The zero-order chi connectivity index (χ0) is 26.3. The average Bonchev–Trinajstić information content (AvgIpc) is 3.55. The Hall–Kier alpha value is -4.13. The Bertz CT molecular complexity index is 1470. The maximum Gasteiger partial charge on any atom is 0.286 e. The van der Waals surface area contributed by atoms with Crippen molar-refractivity contribution in [1.29, 1.82) is 0 Å². The molecule has 5 heterocycles. The highest BCUT2D eigenvalue weighted by Gasteiger charge is 2.34. The number of hydrogen-bond donors (Lipinski definition) is 2. The van der Waals surface area contributed by atoms with Gasteiger partial charge in [0, 0.05) is 51.4 Å². The Balaban J connectivity index is 1.44. The van der Waals surface area contributed by atoms with Crippen LogP contribution in [0.2, 0.25) is 0 Å². The van der Waals surface area contributed by atoms with Crippen molar-refractivity contribution < 1.29 is 23.0 Å². The number of nitrogens with one attached hydrogen (secondary N) is 2. The van der Waals surface area contributed by atoms with E-state index in [0.29, 0.717) is 54.1 Å². The first-order chi connectivity index (χ1) is 17.6. The van der Waals surface area contributed by atoms with Crippen molar-refractivity contribution >= 4 is 34.7 Å². The first-order valence-electron chi connectivity index (χ1n) is 11.7. The minimum absolute atomic E-state index is 0.190. The Morgan fingerprint density at radius 2 is 2.08 bits per heavy atom. The molecule has 4 aromatic rings. The van der Waals surface area contributed by atoms with Crippen LogP contribution in [0.25, 0.3) is 11.2 Å². The van der Waals surface area contributed by atoms with Gasteiger partial charge in [0.05, 0.1) is 24.4 Å². The summed E-state index contributed by atoms with van der Waals surface area (Å²) >= 11 is 0. The molecule has 13 heteroatoms. The predicted molar refractivity (Wildman–Crippen MR) is 131 cm³/mol. The van der Waals surface area contributed by atoms with Gasteiger partial charge in [0.1, 0.15) is 17.3 Å². The SMILES string of the molecule is CC(=O)Nc1cc(Oc2cnc3nc(Nc4cc(C(C)(F)F)n([C@@H]5CCOC5)n4)n(C)c3c2C)ccn1. The summed E-state index contributed by atoms with van der Waals surface area (Å²) in [6.07, 6.45) is 3.70. The van der Waals surface area contributed by atoms with Crippen LogP contribution in [0.1, 0.15) is 37.6 Å². The number of carbonyl (C=O) groups is 1. The Kier molecular flexibility index (Phi) is 6.23. The van der Waals surface area contributed by atoms with Crippen molar-refractivity contribution in [2.45, 2.75) is 39.2 Å². The number of alkyl halides is 2. The lowest BCUT2D eigenvalue weighted by atomic mass is 10.2. The lowest BCUT2D eigenvalue weighted by Crippen LogP contribution is -2.20. The number of rotatable bonds is 7. The molecular formula is C24H26F2N8O3. The standard InChI is InChI=1S/C24H26F2N8O3/c1-13-17(37-16-5-7-27-19(9-16)29-14(2)35)11-28-22-21(13)33(4)23(31-22)30-20-10-18(24(3,25)26)34(32-20)15-6-8-36-12-15/h5,7,9-11,15H,6,8,12H2,1-4H3,(H,27,29,35)(H,28,30,31,32)/t15-/m1/s1. The fourth-order valence-corrected chi connectivity index (χ4v) is 4.28. The second-order valence-corrected chi connectivity index (χ2v) is 8.96. The van der Waals surface area contributed by atoms with Gasteiger partial charge in [-0.25, -0.2) is 9.97 Å². The molecule has 11 nitrogen and oxygen atoms in total. The second-order valence-electron chi connectivity index (χ2n) is 8.96. The maximum atomic E-state index is 14.3. The minimum Gasteiger partial charge on any atom is -0.455 e. The molecule has 4 aromatic heterocycles. The van der Waals surface area contributed by atoms with E-state index in [9.17, 15) is 13.6 Å². The lowest BCUT2D eigenvalue weighted by Gasteiger charge is -2.16. The van der Waals surface area contributed by atoms with Gasteiger partial charge in [-0.05, 0) is 19.4 Å². The van der Waals surface area contributed by atoms with E-state index in [1.165, 1.54) is 23.9 Å². The molecule has 37 heavy (non-hydrogen) atoms. The largest absolute Gasteiger partial charge is 0.455 e. The summed E-state index contributed by atoms with van der Waals surface area (Å²) in [5.74, 6) is -1.35. The molecule has 194 valence electrons. The Morgan fingerprint density at radius 1 is 1.27 bits per heavy atom. The van der Waals surface area contributed by atoms with Crippen molar-refractivity contribution in [1.82, 2.24) is 29.3 Å². The number of carbonyl (C=O) groups excluding carboxylic acids is 1. The van der Waals surface area contributed by atoms with Gasteiger partial charge in [-0.2, -0.15) is 18.9 Å². The normalized spacial score (nSPS) is 15.8. The highest BCUT2D eigenvalue weighted by atomic mass is 19.3. The molecule has 1 atom stereocenters. The van der Waals surface area contributed by atoms with Crippen LogP contribution in [0.3, 0.4) is 0 Å². The molecule has 5 rings (SSSR count). The summed E-state index contributed by atoms with van der Waals surface area (Å²) in [6, 6.07) is 4.36. The Labute approximate surface area is 210 Å². The molecule has 1 aliphatic rings. The molecule has 0 aromatic carbocycles. The fourth-order valence-electron chi connectivity index (χ4n) is 4.28. The van der Waals surface area contributed by atoms with E-state index in [2.05, 4.69) is 30.7 Å². The third-order valence-corrected chi connectivity index (χ3v) is 6.05. The summed E-state index contributed by atoms with van der Waals surface area (Å²) in [7, 11) is 1.79. The molecule has 1 aliphatic heterocycles. The van der Waals surface area contributed by atoms with E-state index in [4.69, 9.17) is 9.47 Å². The first kappa shape index (κ1) is 24.6. The van der Waals surface area contributed by atoms with E-state index in [0.717, 1.165) is 12.5 Å². The van der Waals surface area contributed by atoms with Gasteiger partial charge in [0.2, 0.25) is 11.9 Å². The molecule has 1 fully saturated rings. The number of aryl methyl sites for hydroxylation is 2. The smallest absolute Gasteiger partial charge is 0.286 e. The van der Waals surface area contributed by atoms with Crippen LogP contribution in [0.5, 0.6) is 11.5 Å². The quantitative estimate of drug-likeness (QED) is 0.373. The highest BCUT2D eigenvalue weighted by molar-refractivity contribution is 5.87. The molecule has 0 saturated carbocycles. The molecule has 0 spiro atoms. The van der Waals surface area contributed by atoms with Gasteiger partial charge in [0.25, 0.3) is 5.92 Å². The van der Waals surface area contributed by atoms with E-state index < -0.39 is 5.92 Å². The van der Waals surface area contributed by atoms with Crippen LogP contribution >= 0.6 is 0 Å². The third-order valence-electron chi connectivity index (χ3n) is 6.05. The summed E-state index contributed by atoms with van der Waals surface area (Å²) in [6.45, 7) is 4.97. The second kappa shape index (κ2) is 9.39. The van der Waals surface area contributed by atoms with Gasteiger partial charge >= 0.3 is 0 Å². The zero-order valence-corrected chi connectivity index (χ0v) is 20.7. The number of nitrogens with zero attached hydrogens (tertiary/aromatic N) is 6. The number of ether oxygens (including phenoxy) is 2. The summed E-state index contributed by atoms with van der Waals surface area (Å²) in [4.78, 5) is 24.4. The number of fused-ring (bicyclic) bond motifs is 1. The number of amides is 1. The molecule has 1 amide bonds. The van der Waals surface area contributed by atoms with Crippen molar-refractivity contribution in [2.75, 3.05) is 23.8 Å².